The second-order valence-corrected chi connectivity index (χ2v) is 7.02. The fourth-order valence-corrected chi connectivity index (χ4v) is 4.59. The zero-order chi connectivity index (χ0) is 13.5. The summed E-state index contributed by atoms with van der Waals surface area (Å²) in [5, 5.41) is 3.62. The Hall–Kier alpha value is -1.18. The Kier molecular flexibility index (Phi) is 3.13. The molecule has 1 aromatic carbocycles. The van der Waals surface area contributed by atoms with Gasteiger partial charge >= 0.3 is 0 Å². The van der Waals surface area contributed by atoms with Crippen LogP contribution < -0.4 is 10.2 Å². The molecule has 1 aliphatic carbocycles. The number of piperidine rings is 1. The van der Waals surface area contributed by atoms with Crippen LogP contribution >= 0.6 is 0 Å². The molecular formula is C18H26N2. The number of nitrogens with one attached hydrogen (secondary N) is 1. The number of benzene rings is 1. The van der Waals surface area contributed by atoms with Crippen molar-refractivity contribution in [1.82, 2.24) is 0 Å². The van der Waals surface area contributed by atoms with E-state index in [0.717, 1.165) is 12.0 Å². The summed E-state index contributed by atoms with van der Waals surface area (Å²) in [4.78, 5) is 2.72. The summed E-state index contributed by atoms with van der Waals surface area (Å²) in [5.41, 5.74) is 4.38. The number of hydrogen-bond donors (Lipinski definition) is 1. The average molecular weight is 270 g/mol. The summed E-state index contributed by atoms with van der Waals surface area (Å²) in [6.07, 6.45) is 9.67. The van der Waals surface area contributed by atoms with Crippen molar-refractivity contribution in [3.05, 3.63) is 23.8 Å². The Bertz CT molecular complexity index is 496. The smallest absolute Gasteiger partial charge is 0.0376 e. The van der Waals surface area contributed by atoms with Gasteiger partial charge in [-0.05, 0) is 75.1 Å². The molecule has 3 atom stereocenters. The molecule has 1 N–H and O–H groups in total. The first kappa shape index (κ1) is 12.6. The van der Waals surface area contributed by atoms with E-state index in [1.54, 1.807) is 0 Å². The first-order valence-electron chi connectivity index (χ1n) is 8.47. The monoisotopic (exact) mass is 270 g/mol. The number of fused-ring (bicyclic) bond motifs is 2. The molecule has 2 heterocycles. The van der Waals surface area contributed by atoms with E-state index in [1.165, 1.54) is 68.4 Å². The van der Waals surface area contributed by atoms with Gasteiger partial charge in [0, 0.05) is 30.0 Å². The molecular weight excluding hydrogens is 244 g/mol. The lowest BCUT2D eigenvalue weighted by Crippen LogP contribution is -2.42. The van der Waals surface area contributed by atoms with E-state index in [4.69, 9.17) is 0 Å². The van der Waals surface area contributed by atoms with Crippen molar-refractivity contribution in [1.29, 1.82) is 0 Å². The van der Waals surface area contributed by atoms with Gasteiger partial charge in [-0.2, -0.15) is 0 Å². The molecule has 108 valence electrons. The molecule has 2 nitrogen and oxygen atoms in total. The van der Waals surface area contributed by atoms with E-state index in [1.807, 2.05) is 0 Å². The fourth-order valence-electron chi connectivity index (χ4n) is 4.59. The van der Waals surface area contributed by atoms with E-state index >= 15 is 0 Å². The summed E-state index contributed by atoms with van der Waals surface area (Å²) >= 11 is 0. The van der Waals surface area contributed by atoms with Crippen LogP contribution in [0.1, 0.15) is 51.0 Å². The largest absolute Gasteiger partial charge is 0.382 e. The predicted octanol–water partition coefficient (Wildman–Crippen LogP) is 4.20. The molecule has 20 heavy (non-hydrogen) atoms. The van der Waals surface area contributed by atoms with E-state index < -0.39 is 0 Å². The minimum Gasteiger partial charge on any atom is -0.382 e. The minimum absolute atomic E-state index is 0.627. The van der Waals surface area contributed by atoms with Crippen molar-refractivity contribution in [3.63, 3.8) is 0 Å². The van der Waals surface area contributed by atoms with Crippen LogP contribution in [0, 0.1) is 5.92 Å². The van der Waals surface area contributed by atoms with E-state index in [9.17, 15) is 0 Å². The van der Waals surface area contributed by atoms with Gasteiger partial charge in [0.05, 0.1) is 0 Å². The molecule has 0 amide bonds. The van der Waals surface area contributed by atoms with Crippen molar-refractivity contribution in [3.8, 4) is 0 Å². The number of aryl methyl sites for hydroxylation is 1. The topological polar surface area (TPSA) is 15.3 Å². The van der Waals surface area contributed by atoms with Crippen LogP contribution in [0.25, 0.3) is 0 Å². The first-order valence-corrected chi connectivity index (χ1v) is 8.47. The van der Waals surface area contributed by atoms with Crippen LogP contribution in [0.3, 0.4) is 0 Å². The van der Waals surface area contributed by atoms with Crippen molar-refractivity contribution < 1.29 is 0 Å². The molecule has 3 aliphatic rings. The highest BCUT2D eigenvalue weighted by Crippen LogP contribution is 2.40. The highest BCUT2D eigenvalue weighted by Gasteiger charge is 2.35. The first-order chi connectivity index (χ1) is 9.81. The Morgan fingerprint density at radius 3 is 2.95 bits per heavy atom. The molecule has 0 spiro atoms. The Labute approximate surface area is 122 Å². The third kappa shape index (κ3) is 2.10. The lowest BCUT2D eigenvalue weighted by atomic mass is 9.91. The summed E-state index contributed by atoms with van der Waals surface area (Å²) in [6.45, 7) is 3.55. The second-order valence-electron chi connectivity index (χ2n) is 7.02. The Balaban J connectivity index is 1.62. The number of nitrogens with zero attached hydrogens (tertiary/aromatic N) is 1. The zero-order valence-corrected chi connectivity index (χ0v) is 12.6. The Morgan fingerprint density at radius 2 is 2.00 bits per heavy atom. The van der Waals surface area contributed by atoms with Crippen LogP contribution in [-0.2, 0) is 6.42 Å². The molecule has 0 aromatic heterocycles. The normalized spacial score (nSPS) is 32.5. The van der Waals surface area contributed by atoms with Gasteiger partial charge in [-0.1, -0.05) is 6.42 Å². The number of rotatable bonds is 1. The van der Waals surface area contributed by atoms with Crippen LogP contribution in [0.5, 0.6) is 0 Å². The maximum absolute atomic E-state index is 3.62. The van der Waals surface area contributed by atoms with Crippen molar-refractivity contribution in [2.45, 2.75) is 64.0 Å². The average Bonchev–Trinajstić information content (AvgIpc) is 2.95. The number of anilines is 2. The zero-order valence-electron chi connectivity index (χ0n) is 12.6. The Morgan fingerprint density at radius 1 is 1.10 bits per heavy atom. The van der Waals surface area contributed by atoms with Gasteiger partial charge in [0.25, 0.3) is 0 Å². The summed E-state index contributed by atoms with van der Waals surface area (Å²) in [6, 6.07) is 8.60. The molecule has 2 heteroatoms. The van der Waals surface area contributed by atoms with E-state index in [0.29, 0.717) is 6.04 Å². The van der Waals surface area contributed by atoms with Crippen LogP contribution in [-0.4, -0.2) is 18.6 Å². The lowest BCUT2D eigenvalue weighted by Gasteiger charge is -2.40. The summed E-state index contributed by atoms with van der Waals surface area (Å²) in [5.74, 6) is 0.970. The van der Waals surface area contributed by atoms with Gasteiger partial charge in [0.15, 0.2) is 0 Å². The predicted molar refractivity (Wildman–Crippen MR) is 85.6 cm³/mol. The van der Waals surface area contributed by atoms with Gasteiger partial charge < -0.3 is 10.2 Å². The highest BCUT2D eigenvalue weighted by molar-refractivity contribution is 5.62. The molecule has 4 rings (SSSR count). The van der Waals surface area contributed by atoms with Gasteiger partial charge in [-0.3, -0.25) is 0 Å². The summed E-state index contributed by atoms with van der Waals surface area (Å²) < 4.78 is 0. The van der Waals surface area contributed by atoms with Gasteiger partial charge in [-0.25, -0.2) is 0 Å². The summed E-state index contributed by atoms with van der Waals surface area (Å²) in [7, 11) is 0. The van der Waals surface area contributed by atoms with Crippen LogP contribution in [0.2, 0.25) is 0 Å². The molecule has 2 fully saturated rings. The molecule has 0 radical (unpaired) electrons. The van der Waals surface area contributed by atoms with Gasteiger partial charge in [0.1, 0.15) is 0 Å². The second kappa shape index (κ2) is 4.98. The standard InChI is InChI=1S/C18H26N2/c1-13-7-8-15-12-16(9-10-17(15)19-13)20-11-3-5-14-4-2-6-18(14)20/h9-10,12-14,18-19H,2-8,11H2,1H3. The van der Waals surface area contributed by atoms with Crippen molar-refractivity contribution >= 4 is 11.4 Å². The maximum atomic E-state index is 3.62. The SMILES string of the molecule is CC1CCc2cc(N3CCCC4CCCC43)ccc2N1. The highest BCUT2D eigenvalue weighted by atomic mass is 15.2. The lowest BCUT2D eigenvalue weighted by molar-refractivity contribution is 0.362. The van der Waals surface area contributed by atoms with Gasteiger partial charge in [-0.15, -0.1) is 0 Å². The number of hydrogen-bond acceptors (Lipinski definition) is 2. The quantitative estimate of drug-likeness (QED) is 0.822. The molecule has 1 saturated carbocycles. The van der Waals surface area contributed by atoms with Crippen molar-refractivity contribution in [2.75, 3.05) is 16.8 Å². The van der Waals surface area contributed by atoms with Crippen molar-refractivity contribution in [2.24, 2.45) is 5.92 Å². The van der Waals surface area contributed by atoms with Crippen LogP contribution in [0.15, 0.2) is 18.2 Å². The maximum Gasteiger partial charge on any atom is 0.0376 e. The minimum atomic E-state index is 0.627. The molecule has 3 unspecified atom stereocenters. The molecule has 0 bridgehead atoms. The third-order valence-electron chi connectivity index (χ3n) is 5.66. The molecule has 1 saturated heterocycles. The third-order valence-corrected chi connectivity index (χ3v) is 5.66. The van der Waals surface area contributed by atoms with E-state index in [-0.39, 0.29) is 0 Å². The fraction of sp³-hybridized carbons (Fsp3) is 0.667. The van der Waals surface area contributed by atoms with Crippen LogP contribution in [0.4, 0.5) is 11.4 Å². The van der Waals surface area contributed by atoms with E-state index in [2.05, 4.69) is 35.3 Å². The molecule has 2 aliphatic heterocycles. The van der Waals surface area contributed by atoms with Gasteiger partial charge in [0.2, 0.25) is 0 Å². The molecule has 1 aromatic rings.